The van der Waals surface area contributed by atoms with Gasteiger partial charge in [0.15, 0.2) is 0 Å². The molecule has 0 saturated heterocycles. The van der Waals surface area contributed by atoms with Gasteiger partial charge in [0, 0.05) is 81.7 Å². The van der Waals surface area contributed by atoms with Gasteiger partial charge in [-0.3, -0.25) is 0 Å². The molecule has 0 bridgehead atoms. The van der Waals surface area contributed by atoms with Gasteiger partial charge in [-0.25, -0.2) is 0 Å². The normalized spacial score (nSPS) is 0. The zero-order valence-electron chi connectivity index (χ0n) is 2.30. The average molecular weight is 338 g/mol. The molecule has 0 aromatic rings. The molecule has 5 heavy (non-hydrogen) atoms. The van der Waals surface area contributed by atoms with Crippen LogP contribution < -0.4 is 0 Å². The fraction of sp³-hybridized carbons (Fsp3) is 0. The standard InChI is InChI=1S/2Nd.2H2O.O/h;;2*1H2;/q;;;;-2/p-2. The quantitative estimate of drug-likeness (QED) is 0.597. The molecule has 0 saturated carbocycles. The summed E-state index contributed by atoms with van der Waals surface area (Å²) in [4.78, 5) is 0. The van der Waals surface area contributed by atoms with Crippen LogP contribution >= 0.6 is 0 Å². The summed E-state index contributed by atoms with van der Waals surface area (Å²) in [5, 5.41) is 0. The smallest absolute Gasteiger partial charge is 0 e. The van der Waals surface area contributed by atoms with E-state index < -0.39 is 0 Å². The third-order valence-corrected chi connectivity index (χ3v) is 0. The van der Waals surface area contributed by atoms with Crippen molar-refractivity contribution in [3.05, 3.63) is 0 Å². The minimum atomic E-state index is 0. The first-order valence-corrected chi connectivity index (χ1v) is 0. The molecule has 0 rings (SSSR count). The van der Waals surface area contributed by atoms with Gasteiger partial charge in [0.05, 0.1) is 0 Å². The van der Waals surface area contributed by atoms with Crippen molar-refractivity contribution in [2.75, 3.05) is 0 Å². The maximum Gasteiger partial charge on any atom is 0 e. The molecule has 0 radical (unpaired) electrons. The van der Waals surface area contributed by atoms with Crippen LogP contribution in [0.2, 0.25) is 0 Å². The zero-order valence-corrected chi connectivity index (χ0v) is 8.72. The van der Waals surface area contributed by atoms with Crippen LogP contribution in [0.25, 0.3) is 0 Å². The van der Waals surface area contributed by atoms with Gasteiger partial charge in [-0.1, -0.05) is 0 Å². The Balaban J connectivity index is 0. The third-order valence-electron chi connectivity index (χ3n) is 0. The summed E-state index contributed by atoms with van der Waals surface area (Å²) in [5.74, 6) is 0. The Morgan fingerprint density at radius 3 is 0.600 bits per heavy atom. The molecule has 0 amide bonds. The maximum absolute atomic E-state index is 0. The van der Waals surface area contributed by atoms with E-state index in [-0.39, 0.29) is 98.1 Å². The maximum atomic E-state index is 0. The molecule has 2 N–H and O–H groups in total. The van der Waals surface area contributed by atoms with Crippen LogP contribution in [0.15, 0.2) is 0 Å². The summed E-state index contributed by atoms with van der Waals surface area (Å²) >= 11 is 0. The Hall–Kier alpha value is 2.58. The van der Waals surface area contributed by atoms with Crippen LogP contribution in [-0.4, -0.2) is 11.0 Å². The van der Waals surface area contributed by atoms with E-state index in [2.05, 4.69) is 0 Å². The van der Waals surface area contributed by atoms with Gasteiger partial charge in [-0.15, -0.1) is 0 Å². The molecular formula is H2Nd2O3-4. The predicted octanol–water partition coefficient (Wildman–Crippen LogP) is -0.472. The van der Waals surface area contributed by atoms with Gasteiger partial charge >= 0.3 is 0 Å². The van der Waals surface area contributed by atoms with E-state index in [1.54, 1.807) is 0 Å². The molecule has 32 valence electrons. The van der Waals surface area contributed by atoms with E-state index in [1.165, 1.54) is 0 Å². The largest absolute Gasteiger partial charge is 2.00 e. The van der Waals surface area contributed by atoms with Crippen molar-refractivity contribution in [3.63, 3.8) is 0 Å². The molecule has 0 aliphatic carbocycles. The molecule has 0 fully saturated rings. The van der Waals surface area contributed by atoms with E-state index in [1.807, 2.05) is 0 Å². The van der Waals surface area contributed by atoms with E-state index in [9.17, 15) is 0 Å². The summed E-state index contributed by atoms with van der Waals surface area (Å²) in [6.45, 7) is 0. The Kier molecular flexibility index (Phi) is 303. The summed E-state index contributed by atoms with van der Waals surface area (Å²) in [7, 11) is 0. The van der Waals surface area contributed by atoms with Gasteiger partial charge in [-0.2, -0.15) is 0 Å². The third kappa shape index (κ3) is 20.7. The SMILES string of the molecule is [Nd].[Nd].[O-2].[OH-].[OH-]. The monoisotopic (exact) mass is 334 g/mol. The van der Waals surface area contributed by atoms with Gasteiger partial charge in [0.2, 0.25) is 0 Å². The fourth-order valence-electron chi connectivity index (χ4n) is 0. The minimum Gasteiger partial charge on any atom is -2.00 e. The Morgan fingerprint density at radius 1 is 0.600 bits per heavy atom. The minimum absolute atomic E-state index is 0. The van der Waals surface area contributed by atoms with E-state index in [0.717, 1.165) is 0 Å². The van der Waals surface area contributed by atoms with Gasteiger partial charge in [0.25, 0.3) is 0 Å². The van der Waals surface area contributed by atoms with Crippen molar-refractivity contribution in [1.29, 1.82) is 0 Å². The molecular weight excluding hydrogens is 336 g/mol. The number of rotatable bonds is 0. The van der Waals surface area contributed by atoms with Crippen LogP contribution in [0.5, 0.6) is 0 Å². The first-order chi connectivity index (χ1) is 0. The Labute approximate surface area is 95.9 Å². The molecule has 3 nitrogen and oxygen atoms in total. The second kappa shape index (κ2) is 30.8. The van der Waals surface area contributed by atoms with E-state index >= 15 is 0 Å². The van der Waals surface area contributed by atoms with Crippen LogP contribution in [-0.2, 0) is 5.48 Å². The van der Waals surface area contributed by atoms with Crippen molar-refractivity contribution in [2.45, 2.75) is 0 Å². The number of hydrogen-bond acceptors (Lipinski definition) is 2. The average Bonchev–Trinajstić information content (AvgIpc) is 0. The molecule has 0 aliphatic rings. The first kappa shape index (κ1) is 49.3. The topological polar surface area (TPSA) is 88.5 Å². The van der Waals surface area contributed by atoms with Crippen molar-refractivity contribution in [3.8, 4) is 0 Å². The van der Waals surface area contributed by atoms with E-state index in [4.69, 9.17) is 0 Å². The van der Waals surface area contributed by atoms with Crippen molar-refractivity contribution < 1.29 is 98.1 Å². The molecule has 0 atom stereocenters. The summed E-state index contributed by atoms with van der Waals surface area (Å²) < 4.78 is 0. The summed E-state index contributed by atoms with van der Waals surface area (Å²) in [6, 6.07) is 0. The second-order valence-corrected chi connectivity index (χ2v) is 0. The van der Waals surface area contributed by atoms with Gasteiger partial charge < -0.3 is 16.4 Å². The van der Waals surface area contributed by atoms with Crippen LogP contribution in [0.1, 0.15) is 0 Å². The molecule has 5 heteroatoms. The zero-order chi connectivity index (χ0) is 0. The summed E-state index contributed by atoms with van der Waals surface area (Å²) in [6.07, 6.45) is 0. The summed E-state index contributed by atoms with van der Waals surface area (Å²) in [5.41, 5.74) is 0. The molecule has 0 spiro atoms. The Bertz CT molecular complexity index is 4.85. The molecule has 0 aliphatic heterocycles. The van der Waals surface area contributed by atoms with Crippen molar-refractivity contribution in [2.24, 2.45) is 0 Å². The van der Waals surface area contributed by atoms with Crippen molar-refractivity contribution in [1.82, 2.24) is 0 Å². The van der Waals surface area contributed by atoms with Crippen LogP contribution in [0.4, 0.5) is 0 Å². The second-order valence-electron chi connectivity index (χ2n) is 0. The van der Waals surface area contributed by atoms with Crippen LogP contribution in [0, 0.1) is 81.7 Å². The van der Waals surface area contributed by atoms with Crippen LogP contribution in [0.3, 0.4) is 0 Å². The fourth-order valence-corrected chi connectivity index (χ4v) is 0. The number of hydrogen-bond donors (Lipinski definition) is 0. The molecule has 0 aromatic carbocycles. The predicted molar refractivity (Wildman–Crippen MR) is 4.56 cm³/mol. The first-order valence-electron chi connectivity index (χ1n) is 0. The van der Waals surface area contributed by atoms with Gasteiger partial charge in [-0.05, 0) is 0 Å². The Morgan fingerprint density at radius 2 is 0.600 bits per heavy atom. The van der Waals surface area contributed by atoms with Crippen molar-refractivity contribution >= 4 is 0 Å². The van der Waals surface area contributed by atoms with Gasteiger partial charge in [0.1, 0.15) is 0 Å². The molecule has 0 unspecified atom stereocenters. The van der Waals surface area contributed by atoms with E-state index in [0.29, 0.717) is 0 Å². The molecule has 0 heterocycles. The molecule has 0 aromatic heterocycles.